The van der Waals surface area contributed by atoms with Crippen LogP contribution < -0.4 is 21.1 Å². The molecule has 4 aromatic rings. The minimum Gasteiger partial charge on any atom is -0.440 e. The Kier molecular flexibility index (Phi) is 7.14. The highest BCUT2D eigenvalue weighted by atomic mass is 35.5. The van der Waals surface area contributed by atoms with Crippen molar-refractivity contribution >= 4 is 52.9 Å². The topological polar surface area (TPSA) is 100 Å². The number of halogens is 4. The summed E-state index contributed by atoms with van der Waals surface area (Å²) in [7, 11) is -1.19. The molecule has 0 radical (unpaired) electrons. The van der Waals surface area contributed by atoms with Crippen LogP contribution in [0.3, 0.4) is 0 Å². The monoisotopic (exact) mass is 596 g/mol. The molecule has 2 N–H and O–H groups in total. The molecule has 0 aliphatic carbocycles. The highest BCUT2D eigenvalue weighted by Crippen LogP contribution is 2.36. The lowest BCUT2D eigenvalue weighted by Crippen LogP contribution is -2.40. The van der Waals surface area contributed by atoms with Crippen molar-refractivity contribution < 1.29 is 27.4 Å². The van der Waals surface area contributed by atoms with Gasteiger partial charge in [0, 0.05) is 42.5 Å². The van der Waals surface area contributed by atoms with Crippen LogP contribution in [0.1, 0.15) is 42.5 Å². The van der Waals surface area contributed by atoms with Gasteiger partial charge in [0.2, 0.25) is 5.88 Å². The van der Waals surface area contributed by atoms with E-state index in [0.29, 0.717) is 33.5 Å². The van der Waals surface area contributed by atoms with Crippen molar-refractivity contribution in [3.05, 3.63) is 80.3 Å². The Morgan fingerprint density at radius 3 is 2.69 bits per heavy atom. The molecule has 2 aliphatic rings. The summed E-state index contributed by atoms with van der Waals surface area (Å²) in [4.78, 5) is 19.5. The Labute approximate surface area is 243 Å². The van der Waals surface area contributed by atoms with Gasteiger partial charge in [0.15, 0.2) is 5.43 Å². The van der Waals surface area contributed by atoms with E-state index in [1.165, 1.54) is 12.3 Å². The molecule has 42 heavy (non-hydrogen) atoms. The maximum Gasteiger partial charge on any atom is 0.583 e. The molecule has 1 atom stereocenters. The lowest BCUT2D eigenvalue weighted by molar-refractivity contribution is -0.0225. The molecule has 0 bridgehead atoms. The zero-order chi connectivity index (χ0) is 29.8. The molecule has 0 amide bonds. The number of nitrogens with one attached hydrogen (secondary N) is 1. The molecule has 8 nitrogen and oxygen atoms in total. The van der Waals surface area contributed by atoms with Gasteiger partial charge in [-0.1, -0.05) is 23.7 Å². The van der Waals surface area contributed by atoms with Crippen molar-refractivity contribution in [1.82, 2.24) is 4.98 Å². The van der Waals surface area contributed by atoms with Gasteiger partial charge in [0.25, 0.3) is 5.92 Å². The number of aromatic nitrogens is 1. The van der Waals surface area contributed by atoms with E-state index in [-0.39, 0.29) is 53.5 Å². The second-order valence-electron chi connectivity index (χ2n) is 10.5. The third-order valence-electron chi connectivity index (χ3n) is 7.65. The number of oxime groups is 1. The fourth-order valence-electron chi connectivity index (χ4n) is 5.37. The van der Waals surface area contributed by atoms with Crippen LogP contribution in [0.4, 0.5) is 24.7 Å². The van der Waals surface area contributed by atoms with Gasteiger partial charge in [-0.05, 0) is 49.7 Å². The second kappa shape index (κ2) is 10.7. The lowest BCUT2D eigenvalue weighted by atomic mass is 9.75. The van der Waals surface area contributed by atoms with E-state index in [1.54, 1.807) is 49.1 Å². The van der Waals surface area contributed by atoms with Crippen LogP contribution in [-0.4, -0.2) is 42.4 Å². The number of nitrogens with zero attached hydrogens (tertiary/aromatic N) is 3. The summed E-state index contributed by atoms with van der Waals surface area (Å²) >= 11 is 6.25. The SMILES string of the molecule is Cc1c(N2CCC(F)(F)CC2)oc2c([C@H](C)Nc3ccc(Cl)nc3-c3ccc4c(c3)C=NOB4O)cc(F)cc2c1=O. The number of piperidine rings is 1. The summed E-state index contributed by atoms with van der Waals surface area (Å²) in [6.45, 7) is 3.39. The van der Waals surface area contributed by atoms with E-state index in [9.17, 15) is 23.0 Å². The Morgan fingerprint density at radius 2 is 1.93 bits per heavy atom. The summed E-state index contributed by atoms with van der Waals surface area (Å²) in [6.07, 6.45) is 0.778. The van der Waals surface area contributed by atoms with Crippen molar-refractivity contribution in [1.29, 1.82) is 0 Å². The highest BCUT2D eigenvalue weighted by molar-refractivity contribution is 6.62. The Balaban J connectivity index is 1.40. The molecular formula is C29H25BClF3N4O4. The number of fused-ring (bicyclic) bond motifs is 2. The molecule has 1 saturated heterocycles. The van der Waals surface area contributed by atoms with Gasteiger partial charge in [0.1, 0.15) is 16.6 Å². The normalized spacial score (nSPS) is 16.7. The maximum atomic E-state index is 14.9. The van der Waals surface area contributed by atoms with Crippen molar-refractivity contribution in [2.75, 3.05) is 23.3 Å². The molecule has 0 saturated carbocycles. The van der Waals surface area contributed by atoms with Crippen molar-refractivity contribution in [3.8, 4) is 11.3 Å². The molecule has 216 valence electrons. The Bertz CT molecular complexity index is 1790. The molecule has 0 unspecified atom stereocenters. The largest absolute Gasteiger partial charge is 0.583 e. The van der Waals surface area contributed by atoms with Crippen LogP contribution in [0.5, 0.6) is 0 Å². The predicted octanol–water partition coefficient (Wildman–Crippen LogP) is 5.42. The summed E-state index contributed by atoms with van der Waals surface area (Å²) < 4.78 is 53.6. The lowest BCUT2D eigenvalue weighted by Gasteiger charge is -2.33. The van der Waals surface area contributed by atoms with Gasteiger partial charge in [0.05, 0.1) is 34.6 Å². The molecule has 2 aromatic heterocycles. The molecule has 13 heteroatoms. The van der Waals surface area contributed by atoms with E-state index in [0.717, 1.165) is 6.07 Å². The fraction of sp³-hybridized carbons (Fsp3) is 0.276. The second-order valence-corrected chi connectivity index (χ2v) is 10.9. The maximum absolute atomic E-state index is 14.9. The standard InChI is InChI=1S/C29H25BClF3N4O4/c1-15-26(39)21-13-19(32)12-20(27(21)41-28(15)38-9-7-29(33,34)8-10-38)16(2)36-23-5-6-24(31)37-25(23)17-3-4-22-18(11-17)14-35-42-30(22)40/h3-6,11-14,16,36,40H,7-10H2,1-2H3/t16-/m0/s1. The van der Waals surface area contributed by atoms with Crippen LogP contribution >= 0.6 is 11.6 Å². The average Bonchev–Trinajstić information content (AvgIpc) is 2.96. The Hall–Kier alpha value is -4.03. The van der Waals surface area contributed by atoms with Gasteiger partial charge >= 0.3 is 7.12 Å². The number of alkyl halides is 2. The van der Waals surface area contributed by atoms with Gasteiger partial charge in [-0.15, -0.1) is 5.16 Å². The summed E-state index contributed by atoms with van der Waals surface area (Å²) in [5, 5.41) is 17.4. The molecule has 2 aliphatic heterocycles. The summed E-state index contributed by atoms with van der Waals surface area (Å²) in [5.41, 5.74) is 3.24. The molecule has 6 rings (SSSR count). The predicted molar refractivity (Wildman–Crippen MR) is 157 cm³/mol. The number of anilines is 2. The van der Waals surface area contributed by atoms with Crippen LogP contribution in [0.15, 0.2) is 56.8 Å². The summed E-state index contributed by atoms with van der Waals surface area (Å²) in [5.74, 6) is -3.18. The number of rotatable bonds is 5. The number of benzene rings is 2. The summed E-state index contributed by atoms with van der Waals surface area (Å²) in [6, 6.07) is 10.4. The first-order valence-corrected chi connectivity index (χ1v) is 13.7. The van der Waals surface area contributed by atoms with E-state index < -0.39 is 30.3 Å². The van der Waals surface area contributed by atoms with Gasteiger partial charge in [-0.3, -0.25) is 4.79 Å². The zero-order valence-electron chi connectivity index (χ0n) is 22.6. The first-order valence-electron chi connectivity index (χ1n) is 13.3. The van der Waals surface area contributed by atoms with E-state index in [4.69, 9.17) is 20.8 Å². The third kappa shape index (κ3) is 5.20. The van der Waals surface area contributed by atoms with Crippen molar-refractivity contribution in [3.63, 3.8) is 0 Å². The molecule has 0 spiro atoms. The number of pyridine rings is 1. The minimum atomic E-state index is -2.77. The first-order chi connectivity index (χ1) is 20.0. The van der Waals surface area contributed by atoms with E-state index in [2.05, 4.69) is 15.5 Å². The Morgan fingerprint density at radius 1 is 1.17 bits per heavy atom. The first kappa shape index (κ1) is 28.1. The van der Waals surface area contributed by atoms with E-state index in [1.807, 2.05) is 0 Å². The number of hydrogen-bond donors (Lipinski definition) is 2. The van der Waals surface area contributed by atoms with Crippen molar-refractivity contribution in [2.45, 2.75) is 38.7 Å². The number of hydrogen-bond acceptors (Lipinski definition) is 8. The van der Waals surface area contributed by atoms with E-state index >= 15 is 0 Å². The molecule has 1 fully saturated rings. The highest BCUT2D eigenvalue weighted by Gasteiger charge is 2.36. The molecule has 4 heterocycles. The van der Waals surface area contributed by atoms with Crippen LogP contribution in [0.2, 0.25) is 5.15 Å². The molecule has 2 aromatic carbocycles. The third-order valence-corrected chi connectivity index (χ3v) is 7.86. The smallest absolute Gasteiger partial charge is 0.440 e. The zero-order valence-corrected chi connectivity index (χ0v) is 23.4. The molecular weight excluding hydrogens is 572 g/mol. The average molecular weight is 597 g/mol. The fourth-order valence-corrected chi connectivity index (χ4v) is 5.52. The van der Waals surface area contributed by atoms with Gasteiger partial charge < -0.3 is 24.4 Å². The van der Waals surface area contributed by atoms with Gasteiger partial charge in [-0.2, -0.15) is 0 Å². The van der Waals surface area contributed by atoms with Crippen LogP contribution in [0.25, 0.3) is 22.2 Å². The minimum absolute atomic E-state index is 0.0288. The van der Waals surface area contributed by atoms with Crippen LogP contribution in [0, 0.1) is 12.7 Å². The van der Waals surface area contributed by atoms with Gasteiger partial charge in [-0.25, -0.2) is 18.2 Å². The quantitative estimate of drug-likeness (QED) is 0.235. The van der Waals surface area contributed by atoms with Crippen molar-refractivity contribution in [2.24, 2.45) is 5.16 Å². The van der Waals surface area contributed by atoms with Crippen LogP contribution in [-0.2, 0) is 4.76 Å².